The minimum atomic E-state index is -0.900. The Morgan fingerprint density at radius 3 is 2.89 bits per heavy atom. The zero-order chi connectivity index (χ0) is 12.8. The number of hydrogen-bond acceptors (Lipinski definition) is 4. The van der Waals surface area contributed by atoms with Crippen LogP contribution >= 0.6 is 0 Å². The maximum Gasteiger partial charge on any atom is 0.195 e. The molecule has 0 fully saturated rings. The van der Waals surface area contributed by atoms with Crippen LogP contribution in [0.5, 0.6) is 0 Å². The van der Waals surface area contributed by atoms with E-state index < -0.39 is 5.66 Å². The van der Waals surface area contributed by atoms with Crippen LogP contribution in [0.2, 0.25) is 0 Å². The number of nitrogens with one attached hydrogen (secondary N) is 2. The topological polar surface area (TPSA) is 92.2 Å². The Bertz CT molecular complexity index is 667. The van der Waals surface area contributed by atoms with Crippen LogP contribution in [0.25, 0.3) is 10.9 Å². The summed E-state index contributed by atoms with van der Waals surface area (Å²) in [5.41, 5.74) is 14.1. The van der Waals surface area contributed by atoms with Gasteiger partial charge in [0.05, 0.1) is 0 Å². The van der Waals surface area contributed by atoms with Crippen molar-refractivity contribution in [2.45, 2.75) is 12.6 Å². The molecule has 1 aliphatic heterocycles. The molecule has 6 N–H and O–H groups in total. The van der Waals surface area contributed by atoms with Crippen molar-refractivity contribution in [1.29, 1.82) is 0 Å². The summed E-state index contributed by atoms with van der Waals surface area (Å²) in [7, 11) is 0. The average molecular weight is 241 g/mol. The van der Waals surface area contributed by atoms with E-state index in [-0.39, 0.29) is 0 Å². The lowest BCUT2D eigenvalue weighted by atomic mass is 9.99. The van der Waals surface area contributed by atoms with Crippen LogP contribution in [-0.4, -0.2) is 10.9 Å². The quantitative estimate of drug-likeness (QED) is 0.600. The number of nitrogens with two attached hydrogens (primary N) is 2. The van der Waals surface area contributed by atoms with Crippen LogP contribution in [0.1, 0.15) is 11.3 Å². The molecule has 18 heavy (non-hydrogen) atoms. The van der Waals surface area contributed by atoms with Crippen molar-refractivity contribution in [3.05, 3.63) is 47.8 Å². The normalized spacial score (nSPS) is 22.9. The first-order valence-corrected chi connectivity index (χ1v) is 5.75. The first-order chi connectivity index (χ1) is 8.57. The Hall–Kier alpha value is -2.27. The Morgan fingerprint density at radius 1 is 1.28 bits per heavy atom. The number of H-pyrrole nitrogens is 1. The smallest absolute Gasteiger partial charge is 0.195 e. The van der Waals surface area contributed by atoms with E-state index in [4.69, 9.17) is 11.5 Å². The summed E-state index contributed by atoms with van der Waals surface area (Å²) in [6.45, 7) is 2.03. The minimum Gasteiger partial charge on any atom is -0.370 e. The zero-order valence-corrected chi connectivity index (χ0v) is 10.1. The molecule has 0 amide bonds. The number of aryl methyl sites for hydroxylation is 1. The molecule has 1 unspecified atom stereocenters. The van der Waals surface area contributed by atoms with Gasteiger partial charge in [0, 0.05) is 23.0 Å². The fraction of sp³-hybridized carbons (Fsp3) is 0.154. The van der Waals surface area contributed by atoms with Gasteiger partial charge < -0.3 is 16.0 Å². The Labute approximate surface area is 105 Å². The molecule has 0 spiro atoms. The second-order valence-corrected chi connectivity index (χ2v) is 4.55. The van der Waals surface area contributed by atoms with E-state index in [1.54, 1.807) is 12.3 Å². The van der Waals surface area contributed by atoms with Crippen molar-refractivity contribution in [3.63, 3.8) is 0 Å². The molecule has 5 heteroatoms. The van der Waals surface area contributed by atoms with Crippen LogP contribution in [0.15, 0.2) is 41.5 Å². The summed E-state index contributed by atoms with van der Waals surface area (Å²) in [6.07, 6.45) is 3.51. The number of hydrogen-bond donors (Lipinski definition) is 4. The zero-order valence-electron chi connectivity index (χ0n) is 10.1. The average Bonchev–Trinajstić information content (AvgIpc) is 2.67. The summed E-state index contributed by atoms with van der Waals surface area (Å²) < 4.78 is 0. The van der Waals surface area contributed by atoms with Crippen molar-refractivity contribution in [2.24, 2.45) is 16.5 Å². The van der Waals surface area contributed by atoms with Gasteiger partial charge in [-0.15, -0.1) is 0 Å². The number of nitrogens with zero attached hydrogens (tertiary/aromatic N) is 1. The van der Waals surface area contributed by atoms with Gasteiger partial charge in [-0.25, -0.2) is 4.99 Å². The molecule has 1 aliphatic rings. The number of aliphatic imine (C=N–C) groups is 1. The molecule has 92 valence electrons. The molecular weight excluding hydrogens is 226 g/mol. The maximum atomic E-state index is 6.26. The first kappa shape index (κ1) is 10.9. The third-order valence-corrected chi connectivity index (χ3v) is 3.09. The van der Waals surface area contributed by atoms with Crippen molar-refractivity contribution in [3.8, 4) is 0 Å². The van der Waals surface area contributed by atoms with Gasteiger partial charge in [0.1, 0.15) is 0 Å². The van der Waals surface area contributed by atoms with E-state index in [1.807, 2.05) is 25.1 Å². The summed E-state index contributed by atoms with van der Waals surface area (Å²) in [4.78, 5) is 7.55. The van der Waals surface area contributed by atoms with Gasteiger partial charge in [0.2, 0.25) is 0 Å². The van der Waals surface area contributed by atoms with E-state index in [0.29, 0.717) is 5.96 Å². The first-order valence-electron chi connectivity index (χ1n) is 5.75. The third-order valence-electron chi connectivity index (χ3n) is 3.09. The highest BCUT2D eigenvalue weighted by Gasteiger charge is 2.26. The lowest BCUT2D eigenvalue weighted by molar-refractivity contribution is 0.582. The van der Waals surface area contributed by atoms with E-state index in [0.717, 1.165) is 22.2 Å². The molecule has 2 heterocycles. The lowest BCUT2D eigenvalue weighted by Gasteiger charge is -2.25. The predicted octanol–water partition coefficient (Wildman–Crippen LogP) is 1.02. The number of benzene rings is 1. The molecule has 0 aliphatic carbocycles. The number of rotatable bonds is 1. The largest absolute Gasteiger partial charge is 0.370 e. The standard InChI is InChI=1S/C13H15N5/c1-8-6-9-2-3-10(7-11(9)17-8)13(15)4-5-16-12(14)18-13/h2-7,17H,15H2,1H3,(H3,14,16,18). The van der Waals surface area contributed by atoms with Crippen LogP contribution in [0, 0.1) is 6.92 Å². The van der Waals surface area contributed by atoms with Crippen LogP contribution in [-0.2, 0) is 5.66 Å². The second-order valence-electron chi connectivity index (χ2n) is 4.55. The van der Waals surface area contributed by atoms with Gasteiger partial charge in [-0.05, 0) is 30.5 Å². The molecule has 0 saturated carbocycles. The van der Waals surface area contributed by atoms with Crippen LogP contribution in [0.3, 0.4) is 0 Å². The molecule has 3 rings (SSSR count). The van der Waals surface area contributed by atoms with Crippen molar-refractivity contribution < 1.29 is 0 Å². The van der Waals surface area contributed by atoms with Crippen LogP contribution < -0.4 is 16.8 Å². The van der Waals surface area contributed by atoms with Gasteiger partial charge in [-0.2, -0.15) is 0 Å². The van der Waals surface area contributed by atoms with Crippen molar-refractivity contribution in [1.82, 2.24) is 10.3 Å². The molecule has 0 bridgehead atoms. The highest BCUT2D eigenvalue weighted by Crippen LogP contribution is 2.26. The SMILES string of the molecule is Cc1cc2ccc(C3(N)C=CNC(N)=N3)cc2[nH]1. The molecule has 1 atom stereocenters. The van der Waals surface area contributed by atoms with Gasteiger partial charge in [-0.1, -0.05) is 12.1 Å². The van der Waals surface area contributed by atoms with Gasteiger partial charge in [-0.3, -0.25) is 5.73 Å². The van der Waals surface area contributed by atoms with Crippen molar-refractivity contribution >= 4 is 16.9 Å². The third kappa shape index (κ3) is 1.65. The summed E-state index contributed by atoms with van der Waals surface area (Å²) in [5.74, 6) is 0.322. The fourth-order valence-electron chi connectivity index (χ4n) is 2.20. The molecule has 2 aromatic rings. The highest BCUT2D eigenvalue weighted by molar-refractivity contribution is 5.83. The molecule has 1 aromatic heterocycles. The Balaban J connectivity index is 2.13. The van der Waals surface area contributed by atoms with Gasteiger partial charge in [0.25, 0.3) is 0 Å². The molecule has 0 radical (unpaired) electrons. The monoisotopic (exact) mass is 241 g/mol. The molecule has 5 nitrogen and oxygen atoms in total. The fourth-order valence-corrected chi connectivity index (χ4v) is 2.20. The van der Waals surface area contributed by atoms with Crippen molar-refractivity contribution in [2.75, 3.05) is 0 Å². The van der Waals surface area contributed by atoms with Crippen LogP contribution in [0.4, 0.5) is 0 Å². The number of aromatic nitrogens is 1. The lowest BCUT2D eigenvalue weighted by Crippen LogP contribution is -2.42. The Morgan fingerprint density at radius 2 is 2.11 bits per heavy atom. The van der Waals surface area contributed by atoms with E-state index in [1.165, 1.54) is 0 Å². The van der Waals surface area contributed by atoms with E-state index >= 15 is 0 Å². The van der Waals surface area contributed by atoms with Gasteiger partial charge in [0.15, 0.2) is 11.6 Å². The molecule has 1 aromatic carbocycles. The van der Waals surface area contributed by atoms with Gasteiger partial charge >= 0.3 is 0 Å². The predicted molar refractivity (Wildman–Crippen MR) is 72.8 cm³/mol. The maximum absolute atomic E-state index is 6.26. The number of aromatic amines is 1. The minimum absolute atomic E-state index is 0.322. The molecular formula is C13H15N5. The second kappa shape index (κ2) is 3.61. The number of fused-ring (bicyclic) bond motifs is 1. The Kier molecular flexibility index (Phi) is 2.18. The van der Waals surface area contributed by atoms with E-state index in [9.17, 15) is 0 Å². The highest BCUT2D eigenvalue weighted by atomic mass is 15.2. The molecule has 0 saturated heterocycles. The summed E-state index contributed by atoms with van der Waals surface area (Å²) in [6, 6.07) is 8.11. The van der Waals surface area contributed by atoms with E-state index in [2.05, 4.69) is 21.4 Å². The summed E-state index contributed by atoms with van der Waals surface area (Å²) in [5, 5.41) is 3.97. The number of guanidine groups is 1. The summed E-state index contributed by atoms with van der Waals surface area (Å²) >= 11 is 0.